The number of benzene rings is 1. The van der Waals surface area contributed by atoms with Gasteiger partial charge < -0.3 is 0 Å². The van der Waals surface area contributed by atoms with E-state index in [0.29, 0.717) is 0 Å². The molecule has 3 rings (SSSR count). The Bertz CT molecular complexity index is 397. The van der Waals surface area contributed by atoms with Crippen molar-refractivity contribution in [3.63, 3.8) is 0 Å². The number of hydrogen-bond donors (Lipinski definition) is 0. The minimum absolute atomic E-state index is 0.870. The van der Waals surface area contributed by atoms with Gasteiger partial charge >= 0.3 is 0 Å². The van der Waals surface area contributed by atoms with Gasteiger partial charge in [-0.15, -0.1) is 0 Å². The Kier molecular flexibility index (Phi) is 2.21. The molecule has 1 fully saturated rings. The van der Waals surface area contributed by atoms with Crippen LogP contribution >= 0.6 is 0 Å². The third-order valence-corrected chi connectivity index (χ3v) is 3.64. The number of fused-ring (bicyclic) bond motifs is 2. The molecule has 0 heterocycles. The molecule has 1 aromatic rings. The van der Waals surface area contributed by atoms with E-state index in [4.69, 9.17) is 0 Å². The van der Waals surface area contributed by atoms with Crippen LogP contribution in [-0.2, 0) is 0 Å². The normalized spacial score (nSPS) is 28.7. The third-order valence-electron chi connectivity index (χ3n) is 3.64. The molecule has 15 heavy (non-hydrogen) atoms. The monoisotopic (exact) mass is 196 g/mol. The Morgan fingerprint density at radius 1 is 1.00 bits per heavy atom. The van der Waals surface area contributed by atoms with E-state index in [1.807, 2.05) is 0 Å². The molecule has 0 aliphatic heterocycles. The van der Waals surface area contributed by atoms with Gasteiger partial charge in [0.1, 0.15) is 0 Å². The van der Waals surface area contributed by atoms with Crippen LogP contribution < -0.4 is 0 Å². The first-order valence-corrected chi connectivity index (χ1v) is 5.87. The molecule has 76 valence electrons. The summed E-state index contributed by atoms with van der Waals surface area (Å²) in [6, 6.07) is 10.6. The standard InChI is InChI=1S/C15H16/c1-2-4-12(5-3-1)6-8-14-10-13-7-9-15(14)11-13/h1-6,8,10,13,15H,7,9,11H2/b8-6+. The van der Waals surface area contributed by atoms with Crippen molar-refractivity contribution in [3.05, 3.63) is 53.6 Å². The topological polar surface area (TPSA) is 0 Å². The highest BCUT2D eigenvalue weighted by Crippen LogP contribution is 2.44. The van der Waals surface area contributed by atoms with Crippen molar-refractivity contribution >= 4 is 6.08 Å². The lowest BCUT2D eigenvalue weighted by atomic mass is 9.97. The molecular weight excluding hydrogens is 180 g/mol. The summed E-state index contributed by atoms with van der Waals surface area (Å²) in [5, 5.41) is 0. The predicted molar refractivity (Wildman–Crippen MR) is 64.4 cm³/mol. The van der Waals surface area contributed by atoms with Crippen molar-refractivity contribution in [2.75, 3.05) is 0 Å². The van der Waals surface area contributed by atoms with Crippen LogP contribution in [0, 0.1) is 11.8 Å². The summed E-state index contributed by atoms with van der Waals surface area (Å²) in [6.45, 7) is 0. The van der Waals surface area contributed by atoms with Crippen LogP contribution in [-0.4, -0.2) is 0 Å². The van der Waals surface area contributed by atoms with Gasteiger partial charge in [0.25, 0.3) is 0 Å². The SMILES string of the molecule is C1=C(/C=C/c2ccccc2)C2CCC1C2. The first kappa shape index (κ1) is 8.96. The highest BCUT2D eigenvalue weighted by molar-refractivity contribution is 5.53. The molecule has 0 heteroatoms. The summed E-state index contributed by atoms with van der Waals surface area (Å²) in [5.74, 6) is 1.76. The molecule has 0 nitrogen and oxygen atoms in total. The lowest BCUT2D eigenvalue weighted by molar-refractivity contribution is 0.672. The second-order valence-corrected chi connectivity index (χ2v) is 4.68. The quantitative estimate of drug-likeness (QED) is 0.669. The largest absolute Gasteiger partial charge is 0.0779 e. The minimum Gasteiger partial charge on any atom is -0.0779 e. The van der Waals surface area contributed by atoms with Gasteiger partial charge in [-0.3, -0.25) is 0 Å². The van der Waals surface area contributed by atoms with E-state index in [1.54, 1.807) is 5.57 Å². The molecule has 2 atom stereocenters. The first-order chi connectivity index (χ1) is 7.42. The molecule has 0 saturated heterocycles. The number of allylic oxidation sites excluding steroid dienone is 3. The van der Waals surface area contributed by atoms with Crippen molar-refractivity contribution in [3.8, 4) is 0 Å². The van der Waals surface area contributed by atoms with Crippen LogP contribution in [0.25, 0.3) is 6.08 Å². The van der Waals surface area contributed by atoms with Gasteiger partial charge in [-0.25, -0.2) is 0 Å². The van der Waals surface area contributed by atoms with Crippen molar-refractivity contribution in [2.24, 2.45) is 11.8 Å². The first-order valence-electron chi connectivity index (χ1n) is 5.87. The van der Waals surface area contributed by atoms with Gasteiger partial charge in [0.2, 0.25) is 0 Å². The molecule has 2 aliphatic carbocycles. The average molecular weight is 196 g/mol. The molecule has 1 saturated carbocycles. The van der Waals surface area contributed by atoms with Crippen LogP contribution in [0.1, 0.15) is 24.8 Å². The lowest BCUT2D eigenvalue weighted by Crippen LogP contribution is -1.93. The summed E-state index contributed by atoms with van der Waals surface area (Å²) >= 11 is 0. The summed E-state index contributed by atoms with van der Waals surface area (Å²) < 4.78 is 0. The zero-order valence-electron chi connectivity index (χ0n) is 8.89. The molecular formula is C15H16. The van der Waals surface area contributed by atoms with Crippen LogP contribution in [0.5, 0.6) is 0 Å². The Morgan fingerprint density at radius 3 is 2.53 bits per heavy atom. The van der Waals surface area contributed by atoms with Gasteiger partial charge in [-0.1, -0.05) is 48.6 Å². The summed E-state index contributed by atoms with van der Waals surface area (Å²) in [4.78, 5) is 0. The van der Waals surface area contributed by atoms with Gasteiger partial charge in [0.05, 0.1) is 0 Å². The maximum atomic E-state index is 2.48. The fourth-order valence-corrected chi connectivity index (χ4v) is 2.83. The van der Waals surface area contributed by atoms with Crippen LogP contribution in [0.4, 0.5) is 0 Å². The summed E-state index contributed by atoms with van der Waals surface area (Å²) in [5.41, 5.74) is 2.89. The van der Waals surface area contributed by atoms with Gasteiger partial charge in [0.15, 0.2) is 0 Å². The highest BCUT2D eigenvalue weighted by Gasteiger charge is 2.31. The van der Waals surface area contributed by atoms with E-state index in [-0.39, 0.29) is 0 Å². The van der Waals surface area contributed by atoms with Crippen molar-refractivity contribution in [1.29, 1.82) is 0 Å². The summed E-state index contributed by atoms with van der Waals surface area (Å²) in [7, 11) is 0. The second-order valence-electron chi connectivity index (χ2n) is 4.68. The van der Waals surface area contributed by atoms with E-state index in [2.05, 4.69) is 48.6 Å². The van der Waals surface area contributed by atoms with Gasteiger partial charge in [-0.2, -0.15) is 0 Å². The zero-order chi connectivity index (χ0) is 10.1. The molecule has 0 spiro atoms. The van der Waals surface area contributed by atoms with E-state index in [9.17, 15) is 0 Å². The maximum absolute atomic E-state index is 2.48. The predicted octanol–water partition coefficient (Wildman–Crippen LogP) is 4.06. The lowest BCUT2D eigenvalue weighted by Gasteiger charge is -2.08. The molecule has 1 aromatic carbocycles. The van der Waals surface area contributed by atoms with E-state index < -0.39 is 0 Å². The Morgan fingerprint density at radius 2 is 1.87 bits per heavy atom. The number of rotatable bonds is 2. The Balaban J connectivity index is 1.76. The van der Waals surface area contributed by atoms with Crippen LogP contribution in [0.3, 0.4) is 0 Å². The number of hydrogen-bond acceptors (Lipinski definition) is 0. The molecule has 0 radical (unpaired) electrons. The van der Waals surface area contributed by atoms with Crippen LogP contribution in [0.15, 0.2) is 48.1 Å². The third kappa shape index (κ3) is 1.77. The van der Waals surface area contributed by atoms with E-state index in [0.717, 1.165) is 11.8 Å². The van der Waals surface area contributed by atoms with E-state index >= 15 is 0 Å². The zero-order valence-corrected chi connectivity index (χ0v) is 8.89. The Labute approximate surface area is 91.3 Å². The van der Waals surface area contributed by atoms with Crippen molar-refractivity contribution in [2.45, 2.75) is 19.3 Å². The highest BCUT2D eigenvalue weighted by atomic mass is 14.4. The smallest absolute Gasteiger partial charge is 0.0159 e. The molecule has 2 aliphatic rings. The molecule has 2 bridgehead atoms. The summed E-state index contributed by atoms with van der Waals surface area (Å²) in [6.07, 6.45) is 11.3. The fraction of sp³-hybridized carbons (Fsp3) is 0.333. The molecule has 0 amide bonds. The molecule has 2 unspecified atom stereocenters. The maximum Gasteiger partial charge on any atom is -0.0159 e. The molecule has 0 N–H and O–H groups in total. The fourth-order valence-electron chi connectivity index (χ4n) is 2.83. The van der Waals surface area contributed by atoms with Gasteiger partial charge in [0, 0.05) is 0 Å². The van der Waals surface area contributed by atoms with Gasteiger partial charge in [-0.05, 0) is 42.2 Å². The Hall–Kier alpha value is -1.30. The average Bonchev–Trinajstić information content (AvgIpc) is 2.89. The molecule has 0 aromatic heterocycles. The van der Waals surface area contributed by atoms with Crippen molar-refractivity contribution in [1.82, 2.24) is 0 Å². The van der Waals surface area contributed by atoms with E-state index in [1.165, 1.54) is 24.8 Å². The second kappa shape index (κ2) is 3.69. The van der Waals surface area contributed by atoms with Crippen LogP contribution in [0.2, 0.25) is 0 Å². The minimum atomic E-state index is 0.870. The van der Waals surface area contributed by atoms with Crippen molar-refractivity contribution < 1.29 is 0 Å².